The van der Waals surface area contributed by atoms with Crippen molar-refractivity contribution in [1.29, 1.82) is 0 Å². The molecule has 0 bridgehead atoms. The monoisotopic (exact) mass is 230 g/mol. The maximum absolute atomic E-state index is 5.76. The van der Waals surface area contributed by atoms with Crippen LogP contribution in [-0.2, 0) is 0 Å². The van der Waals surface area contributed by atoms with Crippen LogP contribution in [0.1, 0.15) is 5.56 Å². The predicted octanol–water partition coefficient (Wildman–Crippen LogP) is 2.12. The second-order valence-electron chi connectivity index (χ2n) is 3.63. The Kier molecular flexibility index (Phi) is 3.09. The zero-order chi connectivity index (χ0) is 12.3. The fraction of sp³-hybridized carbons (Fsp3) is 0.167. The quantitative estimate of drug-likeness (QED) is 0.844. The van der Waals surface area contributed by atoms with E-state index >= 15 is 0 Å². The molecular weight excluding hydrogens is 216 g/mol. The molecule has 0 aliphatic heterocycles. The first-order chi connectivity index (χ1) is 8.20. The average molecular weight is 230 g/mol. The fourth-order valence-electron chi connectivity index (χ4n) is 1.48. The van der Waals surface area contributed by atoms with E-state index in [1.165, 1.54) is 6.33 Å². The van der Waals surface area contributed by atoms with Gasteiger partial charge >= 0.3 is 0 Å². The molecule has 3 N–H and O–H groups in total. The highest BCUT2D eigenvalue weighted by molar-refractivity contribution is 5.69. The first-order valence-electron chi connectivity index (χ1n) is 5.18. The summed E-state index contributed by atoms with van der Waals surface area (Å²) in [6, 6.07) is 5.75. The number of ether oxygens (including phenoxy) is 1. The van der Waals surface area contributed by atoms with E-state index in [1.807, 2.05) is 25.1 Å². The average Bonchev–Trinajstić information content (AvgIpc) is 2.34. The number of nitrogens with one attached hydrogen (secondary N) is 1. The number of benzene rings is 1. The summed E-state index contributed by atoms with van der Waals surface area (Å²) in [5, 5.41) is 3.16. The summed E-state index contributed by atoms with van der Waals surface area (Å²) in [4.78, 5) is 7.92. The topological polar surface area (TPSA) is 73.1 Å². The van der Waals surface area contributed by atoms with Gasteiger partial charge in [-0.15, -0.1) is 0 Å². The molecule has 5 nitrogen and oxygen atoms in total. The Morgan fingerprint density at radius 2 is 2.18 bits per heavy atom. The van der Waals surface area contributed by atoms with Crippen molar-refractivity contribution in [2.45, 2.75) is 6.92 Å². The fourth-order valence-corrected chi connectivity index (χ4v) is 1.48. The molecule has 0 saturated heterocycles. The summed E-state index contributed by atoms with van der Waals surface area (Å²) < 4.78 is 5.15. The van der Waals surface area contributed by atoms with Crippen molar-refractivity contribution in [2.24, 2.45) is 0 Å². The summed E-state index contributed by atoms with van der Waals surface area (Å²) >= 11 is 0. The second-order valence-corrected chi connectivity index (χ2v) is 3.63. The Balaban J connectivity index is 2.28. The highest BCUT2D eigenvalue weighted by Crippen LogP contribution is 2.25. The lowest BCUT2D eigenvalue weighted by atomic mass is 10.2. The molecule has 0 saturated carbocycles. The number of nitrogens with two attached hydrogens (primary N) is 1. The van der Waals surface area contributed by atoms with E-state index in [0.717, 1.165) is 17.0 Å². The maximum Gasteiger partial charge on any atom is 0.157 e. The van der Waals surface area contributed by atoms with Gasteiger partial charge in [0.05, 0.1) is 19.0 Å². The van der Waals surface area contributed by atoms with Crippen LogP contribution in [-0.4, -0.2) is 17.1 Å². The highest BCUT2D eigenvalue weighted by atomic mass is 16.5. The van der Waals surface area contributed by atoms with Crippen molar-refractivity contribution < 1.29 is 4.74 Å². The van der Waals surface area contributed by atoms with Crippen LogP contribution in [0, 0.1) is 6.92 Å². The third kappa shape index (κ3) is 2.44. The number of aryl methyl sites for hydroxylation is 1. The first kappa shape index (κ1) is 11.2. The van der Waals surface area contributed by atoms with E-state index in [1.54, 1.807) is 13.3 Å². The van der Waals surface area contributed by atoms with E-state index in [-0.39, 0.29) is 0 Å². The Labute approximate surface area is 99.7 Å². The van der Waals surface area contributed by atoms with Crippen molar-refractivity contribution in [3.8, 4) is 5.75 Å². The van der Waals surface area contributed by atoms with Crippen LogP contribution in [0.5, 0.6) is 5.75 Å². The molecule has 0 fully saturated rings. The predicted molar refractivity (Wildman–Crippen MR) is 67.5 cm³/mol. The van der Waals surface area contributed by atoms with E-state index in [4.69, 9.17) is 10.5 Å². The van der Waals surface area contributed by atoms with Gasteiger partial charge in [-0.2, -0.15) is 0 Å². The molecule has 0 aliphatic carbocycles. The second kappa shape index (κ2) is 4.69. The standard InChI is InChI=1S/C12H14N4O/c1-8-5-9(17-2)3-4-11(8)16-12-10(13)6-14-7-15-12/h3-7H,13H2,1-2H3,(H,14,15,16). The number of nitrogens with zero attached hydrogens (tertiary/aromatic N) is 2. The molecular formula is C12H14N4O. The molecule has 1 heterocycles. The summed E-state index contributed by atoms with van der Waals surface area (Å²) in [6.07, 6.45) is 3.02. The molecule has 1 aromatic carbocycles. The van der Waals surface area contributed by atoms with E-state index in [2.05, 4.69) is 15.3 Å². The van der Waals surface area contributed by atoms with Crippen LogP contribution in [0.3, 0.4) is 0 Å². The van der Waals surface area contributed by atoms with Crippen molar-refractivity contribution >= 4 is 17.2 Å². The maximum atomic E-state index is 5.76. The largest absolute Gasteiger partial charge is 0.497 e. The highest BCUT2D eigenvalue weighted by Gasteiger charge is 2.04. The van der Waals surface area contributed by atoms with Crippen LogP contribution in [0.4, 0.5) is 17.2 Å². The molecule has 2 rings (SSSR count). The lowest BCUT2D eigenvalue weighted by Gasteiger charge is -2.11. The van der Waals surface area contributed by atoms with Gasteiger partial charge in [-0.05, 0) is 30.7 Å². The lowest BCUT2D eigenvalue weighted by Crippen LogP contribution is -2.01. The molecule has 0 radical (unpaired) electrons. The van der Waals surface area contributed by atoms with Gasteiger partial charge in [-0.3, -0.25) is 0 Å². The van der Waals surface area contributed by atoms with Crippen molar-refractivity contribution in [2.75, 3.05) is 18.2 Å². The Hall–Kier alpha value is -2.30. The van der Waals surface area contributed by atoms with Crippen LogP contribution < -0.4 is 15.8 Å². The number of nitrogen functional groups attached to an aromatic ring is 1. The van der Waals surface area contributed by atoms with Crippen LogP contribution in [0.15, 0.2) is 30.7 Å². The molecule has 5 heteroatoms. The van der Waals surface area contributed by atoms with E-state index < -0.39 is 0 Å². The zero-order valence-corrected chi connectivity index (χ0v) is 9.77. The van der Waals surface area contributed by atoms with Crippen molar-refractivity contribution in [3.05, 3.63) is 36.3 Å². The molecule has 2 aromatic rings. The molecule has 0 atom stereocenters. The van der Waals surface area contributed by atoms with Gasteiger partial charge in [0.2, 0.25) is 0 Å². The van der Waals surface area contributed by atoms with Crippen LogP contribution >= 0.6 is 0 Å². The number of hydrogen-bond acceptors (Lipinski definition) is 5. The Bertz CT molecular complexity index is 528. The molecule has 0 amide bonds. The third-order valence-corrected chi connectivity index (χ3v) is 2.43. The first-order valence-corrected chi connectivity index (χ1v) is 5.18. The molecule has 0 unspecified atom stereocenters. The number of hydrogen-bond donors (Lipinski definition) is 2. The van der Waals surface area contributed by atoms with Gasteiger partial charge in [0, 0.05) is 5.69 Å². The Morgan fingerprint density at radius 3 is 2.82 bits per heavy atom. The van der Waals surface area contributed by atoms with E-state index in [9.17, 15) is 0 Å². The molecule has 0 spiro atoms. The minimum Gasteiger partial charge on any atom is -0.497 e. The summed E-state index contributed by atoms with van der Waals surface area (Å²) in [5.41, 5.74) is 8.28. The van der Waals surface area contributed by atoms with Gasteiger partial charge in [-0.1, -0.05) is 0 Å². The summed E-state index contributed by atoms with van der Waals surface area (Å²) in [7, 11) is 1.64. The molecule has 88 valence electrons. The minimum atomic E-state index is 0.516. The molecule has 1 aromatic heterocycles. The number of rotatable bonds is 3. The van der Waals surface area contributed by atoms with Gasteiger partial charge in [-0.25, -0.2) is 9.97 Å². The van der Waals surface area contributed by atoms with Gasteiger partial charge < -0.3 is 15.8 Å². The van der Waals surface area contributed by atoms with Crippen LogP contribution in [0.2, 0.25) is 0 Å². The summed E-state index contributed by atoms with van der Waals surface area (Å²) in [5.74, 6) is 1.43. The van der Waals surface area contributed by atoms with Gasteiger partial charge in [0.25, 0.3) is 0 Å². The minimum absolute atomic E-state index is 0.516. The number of methoxy groups -OCH3 is 1. The Morgan fingerprint density at radius 1 is 1.35 bits per heavy atom. The lowest BCUT2D eigenvalue weighted by molar-refractivity contribution is 0.414. The summed E-state index contributed by atoms with van der Waals surface area (Å²) in [6.45, 7) is 1.99. The third-order valence-electron chi connectivity index (χ3n) is 2.43. The zero-order valence-electron chi connectivity index (χ0n) is 9.77. The molecule has 17 heavy (non-hydrogen) atoms. The molecule has 0 aliphatic rings. The van der Waals surface area contributed by atoms with Gasteiger partial charge in [0.1, 0.15) is 12.1 Å². The van der Waals surface area contributed by atoms with Crippen molar-refractivity contribution in [3.63, 3.8) is 0 Å². The van der Waals surface area contributed by atoms with Crippen molar-refractivity contribution in [1.82, 2.24) is 9.97 Å². The number of aromatic nitrogens is 2. The van der Waals surface area contributed by atoms with Crippen LogP contribution in [0.25, 0.3) is 0 Å². The smallest absolute Gasteiger partial charge is 0.157 e. The van der Waals surface area contributed by atoms with Gasteiger partial charge in [0.15, 0.2) is 5.82 Å². The normalized spacial score (nSPS) is 10.0. The van der Waals surface area contributed by atoms with E-state index in [0.29, 0.717) is 11.5 Å². The number of anilines is 3. The SMILES string of the molecule is COc1ccc(Nc2ncncc2N)c(C)c1.